The van der Waals surface area contributed by atoms with Crippen molar-refractivity contribution < 1.29 is 4.42 Å². The van der Waals surface area contributed by atoms with E-state index in [0.717, 1.165) is 6.54 Å². The summed E-state index contributed by atoms with van der Waals surface area (Å²) in [6.45, 7) is 8.03. The van der Waals surface area contributed by atoms with Crippen LogP contribution in [-0.2, 0) is 6.54 Å². The van der Waals surface area contributed by atoms with E-state index in [9.17, 15) is 0 Å². The van der Waals surface area contributed by atoms with Crippen molar-refractivity contribution in [3.8, 4) is 0 Å². The highest BCUT2D eigenvalue weighted by molar-refractivity contribution is 5.28. The first-order valence-corrected chi connectivity index (χ1v) is 5.91. The molecule has 0 saturated carbocycles. The smallest absolute Gasteiger partial charge is 0.318 e. The molecule has 1 aromatic heterocycles. The average molecular weight is 224 g/mol. The van der Waals surface area contributed by atoms with Crippen molar-refractivity contribution >= 4 is 6.01 Å². The lowest BCUT2D eigenvalue weighted by molar-refractivity contribution is 0.282. The second-order valence-corrected chi connectivity index (χ2v) is 4.89. The van der Waals surface area contributed by atoms with Crippen LogP contribution < -0.4 is 10.6 Å². The van der Waals surface area contributed by atoms with Gasteiger partial charge in [0.1, 0.15) is 0 Å². The number of rotatable bonds is 2. The summed E-state index contributed by atoms with van der Waals surface area (Å²) in [6.07, 6.45) is 1.26. The largest absolute Gasteiger partial charge is 0.407 e. The number of nitrogens with zero attached hydrogens (tertiary/aromatic N) is 3. The van der Waals surface area contributed by atoms with Gasteiger partial charge in [-0.25, -0.2) is 0 Å². The molecule has 0 bridgehead atoms. The third kappa shape index (κ3) is 2.04. The lowest BCUT2D eigenvalue weighted by Gasteiger charge is -2.39. The molecule has 1 aromatic rings. The highest BCUT2D eigenvalue weighted by Gasteiger charge is 2.31. The SMILES string of the molecule is CC1CC(C)C(C)N(c2nnc(CN)o2)C1. The fourth-order valence-corrected chi connectivity index (χ4v) is 2.41. The van der Waals surface area contributed by atoms with Crippen LogP contribution in [0.2, 0.25) is 0 Å². The van der Waals surface area contributed by atoms with Gasteiger partial charge in [-0.1, -0.05) is 18.9 Å². The molecule has 5 heteroatoms. The molecule has 3 atom stereocenters. The van der Waals surface area contributed by atoms with Crippen molar-refractivity contribution in [3.63, 3.8) is 0 Å². The number of nitrogens with two attached hydrogens (primary N) is 1. The molecule has 3 unspecified atom stereocenters. The van der Waals surface area contributed by atoms with E-state index in [-0.39, 0.29) is 0 Å². The van der Waals surface area contributed by atoms with Crippen LogP contribution in [0, 0.1) is 11.8 Å². The molecule has 0 aliphatic carbocycles. The molecule has 1 fully saturated rings. The molecule has 1 aliphatic heterocycles. The predicted molar refractivity (Wildman–Crippen MR) is 61.9 cm³/mol. The summed E-state index contributed by atoms with van der Waals surface area (Å²) in [5, 5.41) is 7.97. The number of hydrogen-bond acceptors (Lipinski definition) is 5. The molecule has 2 heterocycles. The van der Waals surface area contributed by atoms with Crippen LogP contribution >= 0.6 is 0 Å². The quantitative estimate of drug-likeness (QED) is 0.822. The fraction of sp³-hybridized carbons (Fsp3) is 0.818. The molecule has 5 nitrogen and oxygen atoms in total. The Morgan fingerprint density at radius 2 is 2.12 bits per heavy atom. The minimum absolute atomic E-state index is 0.306. The monoisotopic (exact) mass is 224 g/mol. The van der Waals surface area contributed by atoms with Gasteiger partial charge in [-0.3, -0.25) is 0 Å². The number of hydrogen-bond donors (Lipinski definition) is 1. The molecule has 2 N–H and O–H groups in total. The van der Waals surface area contributed by atoms with E-state index < -0.39 is 0 Å². The van der Waals surface area contributed by atoms with Crippen LogP contribution in [-0.4, -0.2) is 22.8 Å². The van der Waals surface area contributed by atoms with Gasteiger partial charge in [0.2, 0.25) is 5.89 Å². The highest BCUT2D eigenvalue weighted by Crippen LogP contribution is 2.30. The second-order valence-electron chi connectivity index (χ2n) is 4.89. The van der Waals surface area contributed by atoms with Gasteiger partial charge < -0.3 is 15.1 Å². The van der Waals surface area contributed by atoms with Crippen molar-refractivity contribution in [3.05, 3.63) is 5.89 Å². The minimum atomic E-state index is 0.306. The zero-order chi connectivity index (χ0) is 11.7. The Morgan fingerprint density at radius 1 is 1.38 bits per heavy atom. The topological polar surface area (TPSA) is 68.2 Å². The zero-order valence-corrected chi connectivity index (χ0v) is 10.2. The number of anilines is 1. The second kappa shape index (κ2) is 4.41. The summed E-state index contributed by atoms with van der Waals surface area (Å²) in [4.78, 5) is 2.20. The molecule has 1 saturated heterocycles. The summed E-state index contributed by atoms with van der Waals surface area (Å²) < 4.78 is 5.52. The fourth-order valence-electron chi connectivity index (χ4n) is 2.41. The third-order valence-electron chi connectivity index (χ3n) is 3.47. The van der Waals surface area contributed by atoms with Crippen LogP contribution in [0.15, 0.2) is 4.42 Å². The lowest BCUT2D eigenvalue weighted by atomic mass is 9.86. The van der Waals surface area contributed by atoms with E-state index in [0.29, 0.717) is 36.3 Å². The summed E-state index contributed by atoms with van der Waals surface area (Å²) in [5.74, 6) is 1.82. The summed E-state index contributed by atoms with van der Waals surface area (Å²) in [5.41, 5.74) is 5.47. The molecule has 90 valence electrons. The van der Waals surface area contributed by atoms with Gasteiger partial charge in [0.15, 0.2) is 0 Å². The van der Waals surface area contributed by atoms with E-state index >= 15 is 0 Å². The maximum Gasteiger partial charge on any atom is 0.318 e. The Bertz CT molecular complexity index is 352. The van der Waals surface area contributed by atoms with Crippen LogP contribution in [0.25, 0.3) is 0 Å². The van der Waals surface area contributed by atoms with Gasteiger partial charge in [0, 0.05) is 12.6 Å². The Hall–Kier alpha value is -1.10. The standard InChI is InChI=1S/C11H20N4O/c1-7-4-8(2)9(3)15(6-7)11-14-13-10(5-12)16-11/h7-9H,4-6,12H2,1-3H3. The van der Waals surface area contributed by atoms with Gasteiger partial charge >= 0.3 is 6.01 Å². The Labute approximate surface area is 96.0 Å². The molecular weight excluding hydrogens is 204 g/mol. The van der Waals surface area contributed by atoms with E-state index in [2.05, 4.69) is 35.9 Å². The maximum atomic E-state index is 5.52. The van der Waals surface area contributed by atoms with Gasteiger partial charge in [0.05, 0.1) is 6.54 Å². The van der Waals surface area contributed by atoms with Gasteiger partial charge in [0.25, 0.3) is 0 Å². The normalized spacial score (nSPS) is 30.8. The molecule has 0 aromatic carbocycles. The Morgan fingerprint density at radius 3 is 2.75 bits per heavy atom. The molecule has 0 amide bonds. The zero-order valence-electron chi connectivity index (χ0n) is 10.2. The van der Waals surface area contributed by atoms with Crippen molar-refractivity contribution in [1.29, 1.82) is 0 Å². The minimum Gasteiger partial charge on any atom is -0.407 e. The molecule has 16 heavy (non-hydrogen) atoms. The van der Waals surface area contributed by atoms with Gasteiger partial charge in [-0.15, -0.1) is 5.10 Å². The summed E-state index contributed by atoms with van der Waals surface area (Å²) in [6, 6.07) is 1.06. The molecule has 0 radical (unpaired) electrons. The van der Waals surface area contributed by atoms with Crippen molar-refractivity contribution in [2.75, 3.05) is 11.4 Å². The summed E-state index contributed by atoms with van der Waals surface area (Å²) >= 11 is 0. The molecule has 1 aliphatic rings. The number of aromatic nitrogens is 2. The average Bonchev–Trinajstić information content (AvgIpc) is 2.71. The van der Waals surface area contributed by atoms with E-state index in [1.54, 1.807) is 0 Å². The molecule has 0 spiro atoms. The van der Waals surface area contributed by atoms with E-state index in [1.807, 2.05) is 0 Å². The van der Waals surface area contributed by atoms with Crippen LogP contribution in [0.1, 0.15) is 33.1 Å². The van der Waals surface area contributed by atoms with E-state index in [4.69, 9.17) is 10.2 Å². The maximum absolute atomic E-state index is 5.52. The molecule has 2 rings (SSSR count). The van der Waals surface area contributed by atoms with Gasteiger partial charge in [-0.05, 0) is 25.2 Å². The Balaban J connectivity index is 2.18. The number of piperidine rings is 1. The summed E-state index contributed by atoms with van der Waals surface area (Å²) in [7, 11) is 0. The predicted octanol–water partition coefficient (Wildman–Crippen LogP) is 1.40. The van der Waals surface area contributed by atoms with Crippen LogP contribution in [0.4, 0.5) is 6.01 Å². The van der Waals surface area contributed by atoms with Gasteiger partial charge in [-0.2, -0.15) is 0 Å². The van der Waals surface area contributed by atoms with E-state index in [1.165, 1.54) is 6.42 Å². The highest BCUT2D eigenvalue weighted by atomic mass is 16.4. The third-order valence-corrected chi connectivity index (χ3v) is 3.47. The van der Waals surface area contributed by atoms with Crippen LogP contribution in [0.3, 0.4) is 0 Å². The first-order valence-electron chi connectivity index (χ1n) is 5.91. The van der Waals surface area contributed by atoms with Crippen molar-refractivity contribution in [2.45, 2.75) is 39.8 Å². The lowest BCUT2D eigenvalue weighted by Crippen LogP contribution is -2.46. The molecular formula is C11H20N4O. The first-order chi connectivity index (χ1) is 7.61. The first kappa shape index (κ1) is 11.4. The van der Waals surface area contributed by atoms with Crippen molar-refractivity contribution in [2.24, 2.45) is 17.6 Å². The Kier molecular flexibility index (Phi) is 3.14. The van der Waals surface area contributed by atoms with Crippen LogP contribution in [0.5, 0.6) is 0 Å². The van der Waals surface area contributed by atoms with Crippen molar-refractivity contribution in [1.82, 2.24) is 10.2 Å².